The van der Waals surface area contributed by atoms with Gasteiger partial charge in [-0.25, -0.2) is 0 Å². The van der Waals surface area contributed by atoms with E-state index in [4.69, 9.17) is 5.73 Å². The molecule has 2 N–H and O–H groups in total. The highest BCUT2D eigenvalue weighted by Crippen LogP contribution is 2.15. The van der Waals surface area contributed by atoms with Crippen molar-refractivity contribution in [1.29, 1.82) is 0 Å². The van der Waals surface area contributed by atoms with Gasteiger partial charge in [-0.1, -0.05) is 13.8 Å². The van der Waals surface area contributed by atoms with E-state index in [2.05, 4.69) is 27.0 Å². The Labute approximate surface area is 104 Å². The smallest absolute Gasteiger partial charge is 0.226 e. The third-order valence-corrected chi connectivity index (χ3v) is 3.62. The number of nitrogens with zero attached hydrogens (tertiary/aromatic N) is 1. The first kappa shape index (κ1) is 15.8. The minimum atomic E-state index is -0.0192. The largest absolute Gasteiger partial charge is 0.342 e. The lowest BCUT2D eigenvalue weighted by Gasteiger charge is -2.28. The maximum Gasteiger partial charge on any atom is 0.226 e. The van der Waals surface area contributed by atoms with E-state index in [1.807, 2.05) is 11.9 Å². The minimum absolute atomic E-state index is 0.0192. The summed E-state index contributed by atoms with van der Waals surface area (Å²) < 4.78 is 0. The van der Waals surface area contributed by atoms with Crippen LogP contribution >= 0.6 is 11.8 Å². The van der Waals surface area contributed by atoms with Crippen LogP contribution in [-0.2, 0) is 4.79 Å². The molecular formula is C12H26N2OS. The molecule has 0 rings (SSSR count). The van der Waals surface area contributed by atoms with Crippen molar-refractivity contribution in [1.82, 2.24) is 4.90 Å². The number of thioether (sulfide) groups is 1. The maximum atomic E-state index is 12.2. The molecule has 0 bridgehead atoms. The summed E-state index contributed by atoms with van der Waals surface area (Å²) in [5, 5.41) is 0. The Bertz CT molecular complexity index is 209. The molecule has 16 heavy (non-hydrogen) atoms. The molecule has 0 aliphatic heterocycles. The molecule has 0 aliphatic carbocycles. The van der Waals surface area contributed by atoms with Crippen LogP contribution in [0.25, 0.3) is 0 Å². The molecule has 0 saturated carbocycles. The molecule has 2 atom stereocenters. The molecule has 2 unspecified atom stereocenters. The molecule has 3 nitrogen and oxygen atoms in total. The Morgan fingerprint density at radius 3 is 2.31 bits per heavy atom. The highest BCUT2D eigenvalue weighted by molar-refractivity contribution is 7.98. The zero-order valence-corrected chi connectivity index (χ0v) is 12.0. The number of nitrogens with two attached hydrogens (primary N) is 1. The van der Waals surface area contributed by atoms with Crippen LogP contribution in [-0.4, -0.2) is 42.4 Å². The van der Waals surface area contributed by atoms with E-state index in [9.17, 15) is 4.79 Å². The Morgan fingerprint density at radius 1 is 1.38 bits per heavy atom. The van der Waals surface area contributed by atoms with Crippen LogP contribution in [0.4, 0.5) is 0 Å². The van der Waals surface area contributed by atoms with Crippen LogP contribution in [0.15, 0.2) is 0 Å². The van der Waals surface area contributed by atoms with Crippen LogP contribution in [0.2, 0.25) is 0 Å². The molecule has 0 aliphatic rings. The summed E-state index contributed by atoms with van der Waals surface area (Å²) in [7, 11) is 1.88. The third kappa shape index (κ3) is 5.21. The predicted molar refractivity (Wildman–Crippen MR) is 72.6 cm³/mol. The first-order chi connectivity index (χ1) is 7.43. The molecule has 96 valence electrons. The highest BCUT2D eigenvalue weighted by Gasteiger charge is 2.24. The second kappa shape index (κ2) is 7.96. The van der Waals surface area contributed by atoms with Gasteiger partial charge in [0, 0.05) is 25.4 Å². The second-order valence-corrected chi connectivity index (χ2v) is 5.73. The van der Waals surface area contributed by atoms with Crippen LogP contribution in [0, 0.1) is 11.8 Å². The zero-order valence-electron chi connectivity index (χ0n) is 11.2. The van der Waals surface area contributed by atoms with Gasteiger partial charge in [0.05, 0.1) is 5.92 Å². The molecule has 0 spiro atoms. The lowest BCUT2D eigenvalue weighted by atomic mass is 9.95. The number of hydrogen-bond acceptors (Lipinski definition) is 3. The molecule has 0 aromatic carbocycles. The average Bonchev–Trinajstić information content (AvgIpc) is 2.23. The number of carbonyl (C=O) groups is 1. The average molecular weight is 246 g/mol. The van der Waals surface area contributed by atoms with Gasteiger partial charge in [-0.15, -0.1) is 0 Å². The summed E-state index contributed by atoms with van der Waals surface area (Å²) in [6, 6.07) is 0.281. The third-order valence-electron chi connectivity index (χ3n) is 2.81. The fourth-order valence-corrected chi connectivity index (χ4v) is 2.43. The number of rotatable bonds is 7. The van der Waals surface area contributed by atoms with E-state index in [0.717, 1.165) is 12.2 Å². The lowest BCUT2D eigenvalue weighted by molar-refractivity contribution is -0.135. The van der Waals surface area contributed by atoms with Gasteiger partial charge in [0.15, 0.2) is 0 Å². The Hall–Kier alpha value is -0.220. The monoisotopic (exact) mass is 246 g/mol. The molecule has 4 heteroatoms. The summed E-state index contributed by atoms with van der Waals surface area (Å²) in [6.45, 7) is 6.78. The van der Waals surface area contributed by atoms with E-state index in [1.165, 1.54) is 0 Å². The summed E-state index contributed by atoms with van der Waals surface area (Å²) in [4.78, 5) is 14.0. The second-order valence-electron chi connectivity index (χ2n) is 4.82. The summed E-state index contributed by atoms with van der Waals surface area (Å²) in [5.41, 5.74) is 5.68. The van der Waals surface area contributed by atoms with Crippen LogP contribution in [0.1, 0.15) is 27.2 Å². The minimum Gasteiger partial charge on any atom is -0.342 e. The molecule has 0 saturated heterocycles. The fourth-order valence-electron chi connectivity index (χ4n) is 1.73. The summed E-state index contributed by atoms with van der Waals surface area (Å²) in [5.74, 6) is 1.66. The van der Waals surface area contributed by atoms with Gasteiger partial charge in [0.25, 0.3) is 0 Å². The first-order valence-corrected chi connectivity index (χ1v) is 7.29. The molecule has 0 fully saturated rings. The fraction of sp³-hybridized carbons (Fsp3) is 0.917. The van der Waals surface area contributed by atoms with E-state index < -0.39 is 0 Å². The maximum absolute atomic E-state index is 12.2. The standard InChI is InChI=1S/C12H26N2OS/c1-9(2)6-11(7-13)12(15)14(4)10(3)8-16-5/h9-11H,6-8,13H2,1-5H3. The van der Waals surface area contributed by atoms with Crippen molar-refractivity contribution in [2.45, 2.75) is 33.2 Å². The summed E-state index contributed by atoms with van der Waals surface area (Å²) in [6.07, 6.45) is 2.94. The SMILES string of the molecule is CSCC(C)N(C)C(=O)C(CN)CC(C)C. The zero-order chi connectivity index (χ0) is 12.7. The molecule has 0 aromatic rings. The van der Waals surface area contributed by atoms with Gasteiger partial charge < -0.3 is 10.6 Å². The van der Waals surface area contributed by atoms with Crippen LogP contribution in [0.3, 0.4) is 0 Å². The van der Waals surface area contributed by atoms with Crippen molar-refractivity contribution in [3.63, 3.8) is 0 Å². The normalized spacial score (nSPS) is 14.9. The Balaban J connectivity index is 4.37. The number of hydrogen-bond donors (Lipinski definition) is 1. The van der Waals surface area contributed by atoms with Crippen molar-refractivity contribution >= 4 is 17.7 Å². The molecule has 0 heterocycles. The van der Waals surface area contributed by atoms with Crippen molar-refractivity contribution in [3.8, 4) is 0 Å². The van der Waals surface area contributed by atoms with E-state index >= 15 is 0 Å². The van der Waals surface area contributed by atoms with E-state index in [0.29, 0.717) is 12.5 Å². The number of carbonyl (C=O) groups excluding carboxylic acids is 1. The van der Waals surface area contributed by atoms with Crippen molar-refractivity contribution in [2.24, 2.45) is 17.6 Å². The topological polar surface area (TPSA) is 46.3 Å². The number of amides is 1. The quantitative estimate of drug-likeness (QED) is 0.745. The molecular weight excluding hydrogens is 220 g/mol. The van der Waals surface area contributed by atoms with Crippen molar-refractivity contribution < 1.29 is 4.79 Å². The first-order valence-electron chi connectivity index (χ1n) is 5.89. The predicted octanol–water partition coefficient (Wildman–Crippen LogP) is 1.82. The van der Waals surface area contributed by atoms with Gasteiger partial charge in [-0.05, 0) is 25.5 Å². The van der Waals surface area contributed by atoms with Crippen LogP contribution < -0.4 is 5.73 Å². The summed E-state index contributed by atoms with van der Waals surface area (Å²) >= 11 is 1.76. The van der Waals surface area contributed by atoms with E-state index in [1.54, 1.807) is 11.8 Å². The van der Waals surface area contributed by atoms with E-state index in [-0.39, 0.29) is 17.9 Å². The lowest BCUT2D eigenvalue weighted by Crippen LogP contribution is -2.43. The van der Waals surface area contributed by atoms with Crippen molar-refractivity contribution in [3.05, 3.63) is 0 Å². The van der Waals surface area contributed by atoms with Gasteiger partial charge in [-0.2, -0.15) is 11.8 Å². The molecule has 1 amide bonds. The van der Waals surface area contributed by atoms with Gasteiger partial charge in [0.1, 0.15) is 0 Å². The molecule has 0 radical (unpaired) electrons. The van der Waals surface area contributed by atoms with Gasteiger partial charge in [0.2, 0.25) is 5.91 Å². The Kier molecular flexibility index (Phi) is 7.85. The Morgan fingerprint density at radius 2 is 1.94 bits per heavy atom. The molecule has 0 aromatic heterocycles. The van der Waals surface area contributed by atoms with Gasteiger partial charge in [-0.3, -0.25) is 4.79 Å². The highest BCUT2D eigenvalue weighted by atomic mass is 32.2. The van der Waals surface area contributed by atoms with Gasteiger partial charge >= 0.3 is 0 Å². The van der Waals surface area contributed by atoms with Crippen LogP contribution in [0.5, 0.6) is 0 Å². The van der Waals surface area contributed by atoms with Crippen molar-refractivity contribution in [2.75, 3.05) is 25.6 Å².